The van der Waals surface area contributed by atoms with Crippen LogP contribution in [-0.4, -0.2) is 43.2 Å². The van der Waals surface area contributed by atoms with Crippen molar-refractivity contribution in [3.63, 3.8) is 0 Å². The van der Waals surface area contributed by atoms with Gasteiger partial charge in [0.2, 0.25) is 0 Å². The molecule has 2 aliphatic carbocycles. The molecule has 102 valence electrons. The largest absolute Gasteiger partial charge is 0.375 e. The van der Waals surface area contributed by atoms with Crippen LogP contribution in [0.15, 0.2) is 4.99 Å². The van der Waals surface area contributed by atoms with Crippen molar-refractivity contribution in [3.8, 4) is 0 Å². The van der Waals surface area contributed by atoms with Gasteiger partial charge in [-0.15, -0.1) is 0 Å². The fourth-order valence-electron chi connectivity index (χ4n) is 3.26. The van der Waals surface area contributed by atoms with Gasteiger partial charge in [0.1, 0.15) is 0 Å². The molecule has 2 N–H and O–H groups in total. The molecule has 18 heavy (non-hydrogen) atoms. The third-order valence-corrected chi connectivity index (χ3v) is 4.79. The molecule has 0 aromatic heterocycles. The summed E-state index contributed by atoms with van der Waals surface area (Å²) in [6, 6.07) is 0. The number of nitrogens with zero attached hydrogens (tertiary/aromatic N) is 2. The predicted molar refractivity (Wildman–Crippen MR) is 72.4 cm³/mol. The average molecular weight is 251 g/mol. The van der Waals surface area contributed by atoms with E-state index < -0.39 is 0 Å². The Kier molecular flexibility index (Phi) is 3.46. The summed E-state index contributed by atoms with van der Waals surface area (Å²) in [5, 5.41) is 0. The number of hydrogen-bond acceptors (Lipinski definition) is 2. The average Bonchev–Trinajstić information content (AvgIpc) is 3.03. The van der Waals surface area contributed by atoms with Crippen molar-refractivity contribution in [2.45, 2.75) is 38.7 Å². The molecule has 1 aliphatic heterocycles. The Morgan fingerprint density at radius 1 is 1.44 bits per heavy atom. The van der Waals surface area contributed by atoms with Gasteiger partial charge in [-0.05, 0) is 31.1 Å². The summed E-state index contributed by atoms with van der Waals surface area (Å²) < 4.78 is 5.51. The lowest BCUT2D eigenvalue weighted by Crippen LogP contribution is -2.48. The maximum atomic E-state index is 6.08. The Morgan fingerprint density at radius 3 is 2.94 bits per heavy atom. The van der Waals surface area contributed by atoms with Crippen LogP contribution in [0.3, 0.4) is 0 Å². The summed E-state index contributed by atoms with van der Waals surface area (Å²) in [5.74, 6) is 3.55. The second kappa shape index (κ2) is 5.08. The summed E-state index contributed by atoms with van der Waals surface area (Å²) >= 11 is 0. The van der Waals surface area contributed by atoms with Crippen LogP contribution in [0.5, 0.6) is 0 Å². The van der Waals surface area contributed by atoms with Crippen molar-refractivity contribution in [1.82, 2.24) is 4.90 Å². The zero-order valence-electron chi connectivity index (χ0n) is 11.3. The number of nitrogens with two attached hydrogens (primary N) is 1. The van der Waals surface area contributed by atoms with Gasteiger partial charge in [0.25, 0.3) is 0 Å². The monoisotopic (exact) mass is 251 g/mol. The molecule has 0 aromatic carbocycles. The number of guanidine groups is 1. The van der Waals surface area contributed by atoms with Gasteiger partial charge >= 0.3 is 0 Å². The summed E-state index contributed by atoms with van der Waals surface area (Å²) in [5.41, 5.74) is 6.08. The summed E-state index contributed by atoms with van der Waals surface area (Å²) in [7, 11) is 0. The van der Waals surface area contributed by atoms with Gasteiger partial charge in [-0.25, -0.2) is 0 Å². The molecule has 0 amide bonds. The molecule has 1 saturated heterocycles. The van der Waals surface area contributed by atoms with Gasteiger partial charge in [0.05, 0.1) is 12.7 Å². The molecule has 3 fully saturated rings. The fraction of sp³-hybridized carbons (Fsp3) is 0.929. The minimum Gasteiger partial charge on any atom is -0.375 e. The molecule has 3 atom stereocenters. The Hall–Kier alpha value is -0.770. The third kappa shape index (κ3) is 2.63. The van der Waals surface area contributed by atoms with Crippen molar-refractivity contribution in [3.05, 3.63) is 0 Å². The zero-order valence-corrected chi connectivity index (χ0v) is 11.3. The Bertz CT molecular complexity index is 327. The predicted octanol–water partition coefficient (Wildman–Crippen LogP) is 1.46. The molecule has 4 heteroatoms. The topological polar surface area (TPSA) is 50.8 Å². The minimum absolute atomic E-state index is 0.274. The van der Waals surface area contributed by atoms with Crippen molar-refractivity contribution in [2.24, 2.45) is 28.5 Å². The van der Waals surface area contributed by atoms with E-state index in [1.165, 1.54) is 25.7 Å². The number of ether oxygens (including phenoxy) is 1. The van der Waals surface area contributed by atoms with Gasteiger partial charge in [0, 0.05) is 19.6 Å². The van der Waals surface area contributed by atoms with Gasteiger partial charge in [-0.2, -0.15) is 0 Å². The van der Waals surface area contributed by atoms with E-state index in [0.717, 1.165) is 50.0 Å². The molecule has 0 radical (unpaired) electrons. The molecule has 2 saturated carbocycles. The number of hydrogen-bond donors (Lipinski definition) is 1. The molecule has 3 rings (SSSR count). The third-order valence-electron chi connectivity index (χ3n) is 4.79. The van der Waals surface area contributed by atoms with Crippen LogP contribution in [-0.2, 0) is 4.74 Å². The molecular formula is C14H25N3O. The molecule has 1 heterocycles. The highest BCUT2D eigenvalue weighted by Crippen LogP contribution is 2.51. The van der Waals surface area contributed by atoms with E-state index in [4.69, 9.17) is 10.5 Å². The molecule has 0 spiro atoms. The van der Waals surface area contributed by atoms with Gasteiger partial charge in [0.15, 0.2) is 5.96 Å². The first kappa shape index (κ1) is 12.3. The van der Waals surface area contributed by atoms with E-state index >= 15 is 0 Å². The van der Waals surface area contributed by atoms with E-state index in [0.29, 0.717) is 0 Å². The van der Waals surface area contributed by atoms with E-state index in [9.17, 15) is 0 Å². The molecule has 0 aromatic rings. The lowest BCUT2D eigenvalue weighted by Gasteiger charge is -2.31. The molecule has 4 nitrogen and oxygen atoms in total. The normalized spacial score (nSPS) is 37.5. The number of morpholine rings is 1. The van der Waals surface area contributed by atoms with E-state index in [1.54, 1.807) is 0 Å². The lowest BCUT2D eigenvalue weighted by molar-refractivity contribution is 0.00529. The van der Waals surface area contributed by atoms with Gasteiger partial charge in [-0.3, -0.25) is 4.99 Å². The first-order valence-electron chi connectivity index (χ1n) is 7.40. The lowest BCUT2D eigenvalue weighted by atomic mass is 9.81. The van der Waals surface area contributed by atoms with Gasteiger partial charge < -0.3 is 15.4 Å². The second-order valence-corrected chi connectivity index (χ2v) is 6.18. The first-order valence-corrected chi connectivity index (χ1v) is 7.40. The van der Waals surface area contributed by atoms with Crippen LogP contribution in [0.4, 0.5) is 0 Å². The van der Waals surface area contributed by atoms with Crippen LogP contribution in [0, 0.1) is 17.8 Å². The molecule has 0 bridgehead atoms. The Morgan fingerprint density at radius 2 is 2.28 bits per heavy atom. The maximum Gasteiger partial charge on any atom is 0.191 e. The summed E-state index contributed by atoms with van der Waals surface area (Å²) in [4.78, 5) is 6.76. The van der Waals surface area contributed by atoms with E-state index in [-0.39, 0.29) is 6.10 Å². The number of rotatable bonds is 3. The van der Waals surface area contributed by atoms with Crippen LogP contribution in [0.2, 0.25) is 0 Å². The quantitative estimate of drug-likeness (QED) is 0.610. The first-order chi connectivity index (χ1) is 8.74. The molecule has 1 unspecified atom stereocenters. The standard InChI is InChI=1S/C14H25N3O/c1-10-9-17(5-6-18-10)14(15)16-8-12-7-13(12)11-3-2-4-11/h10-13H,2-9H2,1H3,(H2,15,16)/t10?,12-,13-/m0/s1. The zero-order chi connectivity index (χ0) is 12.5. The van der Waals surface area contributed by atoms with Crippen LogP contribution in [0.25, 0.3) is 0 Å². The van der Waals surface area contributed by atoms with Crippen molar-refractivity contribution in [1.29, 1.82) is 0 Å². The summed E-state index contributed by atoms with van der Waals surface area (Å²) in [6.07, 6.45) is 6.03. The highest BCUT2D eigenvalue weighted by Gasteiger charge is 2.44. The minimum atomic E-state index is 0.274. The van der Waals surface area contributed by atoms with Crippen molar-refractivity contribution < 1.29 is 4.74 Å². The van der Waals surface area contributed by atoms with E-state index in [2.05, 4.69) is 16.8 Å². The Balaban J connectivity index is 1.44. The maximum absolute atomic E-state index is 6.08. The van der Waals surface area contributed by atoms with Crippen molar-refractivity contribution in [2.75, 3.05) is 26.2 Å². The van der Waals surface area contributed by atoms with Crippen LogP contribution >= 0.6 is 0 Å². The van der Waals surface area contributed by atoms with Gasteiger partial charge in [-0.1, -0.05) is 19.3 Å². The molecular weight excluding hydrogens is 226 g/mol. The smallest absolute Gasteiger partial charge is 0.191 e. The van der Waals surface area contributed by atoms with E-state index in [1.807, 2.05) is 0 Å². The Labute approximate surface area is 110 Å². The van der Waals surface area contributed by atoms with Crippen molar-refractivity contribution >= 4 is 5.96 Å². The SMILES string of the molecule is CC1CN(C(N)=NC[C@@H]2C[C@H]2C2CCC2)CCO1. The highest BCUT2D eigenvalue weighted by atomic mass is 16.5. The highest BCUT2D eigenvalue weighted by molar-refractivity contribution is 5.78. The van der Waals surface area contributed by atoms with Crippen LogP contribution < -0.4 is 5.73 Å². The second-order valence-electron chi connectivity index (χ2n) is 6.18. The number of aliphatic imine (C=N–C) groups is 1. The fourth-order valence-corrected chi connectivity index (χ4v) is 3.26. The summed E-state index contributed by atoms with van der Waals surface area (Å²) in [6.45, 7) is 5.57. The molecule has 3 aliphatic rings. The van der Waals surface area contributed by atoms with Crippen LogP contribution in [0.1, 0.15) is 32.6 Å².